The molecule has 2 aromatic heterocycles. The van der Waals surface area contributed by atoms with Gasteiger partial charge in [0, 0.05) is 29.5 Å². The molecule has 0 bridgehead atoms. The van der Waals surface area contributed by atoms with Crippen LogP contribution in [0.1, 0.15) is 24.5 Å². The van der Waals surface area contributed by atoms with E-state index in [0.717, 1.165) is 22.8 Å². The summed E-state index contributed by atoms with van der Waals surface area (Å²) in [5.41, 5.74) is 8.39. The molecule has 2 heterocycles. The van der Waals surface area contributed by atoms with Crippen LogP contribution in [0.5, 0.6) is 0 Å². The highest BCUT2D eigenvalue weighted by Crippen LogP contribution is 2.28. The zero-order chi connectivity index (χ0) is 13.7. The van der Waals surface area contributed by atoms with Gasteiger partial charge in [-0.2, -0.15) is 0 Å². The van der Waals surface area contributed by atoms with E-state index in [0.29, 0.717) is 0 Å². The number of pyridine rings is 2. The minimum Gasteiger partial charge on any atom is -0.327 e. The molecule has 0 spiro atoms. The Kier molecular flexibility index (Phi) is 4.93. The highest BCUT2D eigenvalue weighted by molar-refractivity contribution is 7.99. The molecule has 3 nitrogen and oxygen atoms in total. The Morgan fingerprint density at radius 2 is 2.05 bits per heavy atom. The van der Waals surface area contributed by atoms with Gasteiger partial charge in [0.2, 0.25) is 0 Å². The fourth-order valence-electron chi connectivity index (χ4n) is 1.80. The topological polar surface area (TPSA) is 51.8 Å². The summed E-state index contributed by atoms with van der Waals surface area (Å²) in [6.45, 7) is 4.20. The number of rotatable bonds is 5. The van der Waals surface area contributed by atoms with Crippen molar-refractivity contribution >= 4 is 11.8 Å². The molecule has 0 saturated heterocycles. The first-order chi connectivity index (χ1) is 9.19. The van der Waals surface area contributed by atoms with Crippen LogP contribution in [0.25, 0.3) is 0 Å². The fraction of sp³-hybridized carbons (Fsp3) is 0.333. The molecule has 1 atom stereocenters. The summed E-state index contributed by atoms with van der Waals surface area (Å²) in [5, 5.41) is 1.04. The lowest BCUT2D eigenvalue weighted by Crippen LogP contribution is -2.21. The van der Waals surface area contributed by atoms with E-state index in [1.165, 1.54) is 11.1 Å². The summed E-state index contributed by atoms with van der Waals surface area (Å²) < 4.78 is 0. The Morgan fingerprint density at radius 3 is 2.68 bits per heavy atom. The summed E-state index contributed by atoms with van der Waals surface area (Å²) in [6, 6.07) is 6.39. The van der Waals surface area contributed by atoms with Crippen LogP contribution in [-0.4, -0.2) is 16.0 Å². The molecule has 1 unspecified atom stereocenters. The van der Waals surface area contributed by atoms with E-state index < -0.39 is 0 Å². The molecular formula is C15H19N3S. The molecule has 0 aliphatic rings. The van der Waals surface area contributed by atoms with E-state index >= 15 is 0 Å². The summed E-state index contributed by atoms with van der Waals surface area (Å²) in [5.74, 6) is 0. The second-order valence-corrected chi connectivity index (χ2v) is 5.69. The summed E-state index contributed by atoms with van der Waals surface area (Å²) in [7, 11) is 0. The second-order valence-electron chi connectivity index (χ2n) is 4.62. The van der Waals surface area contributed by atoms with Crippen LogP contribution in [0.4, 0.5) is 0 Å². The second kappa shape index (κ2) is 6.68. The van der Waals surface area contributed by atoms with Crippen LogP contribution >= 0.6 is 11.8 Å². The van der Waals surface area contributed by atoms with E-state index in [-0.39, 0.29) is 6.04 Å². The lowest BCUT2D eigenvalue weighted by molar-refractivity contribution is 0.644. The van der Waals surface area contributed by atoms with Crippen molar-refractivity contribution in [2.75, 3.05) is 0 Å². The molecule has 0 fully saturated rings. The number of nitrogens with zero attached hydrogens (tertiary/aromatic N) is 2. The van der Waals surface area contributed by atoms with Gasteiger partial charge in [0.25, 0.3) is 0 Å². The molecule has 19 heavy (non-hydrogen) atoms. The van der Waals surface area contributed by atoms with Gasteiger partial charge in [0.05, 0.1) is 0 Å². The van der Waals surface area contributed by atoms with Gasteiger partial charge in [0.15, 0.2) is 0 Å². The molecule has 0 aromatic carbocycles. The van der Waals surface area contributed by atoms with Gasteiger partial charge in [-0.15, -0.1) is 0 Å². The fourth-order valence-corrected chi connectivity index (χ4v) is 2.61. The number of aryl methyl sites for hydroxylation is 1. The van der Waals surface area contributed by atoms with Crippen LogP contribution in [0.15, 0.2) is 46.7 Å². The maximum Gasteiger partial charge on any atom is 0.104 e. The molecule has 0 saturated carbocycles. The summed E-state index contributed by atoms with van der Waals surface area (Å²) >= 11 is 1.67. The quantitative estimate of drug-likeness (QED) is 0.908. The van der Waals surface area contributed by atoms with E-state index in [4.69, 9.17) is 5.73 Å². The maximum atomic E-state index is 5.98. The number of nitrogens with two attached hydrogens (primary N) is 1. The maximum absolute atomic E-state index is 5.98. The van der Waals surface area contributed by atoms with Crippen LogP contribution in [0.2, 0.25) is 0 Å². The number of hydrogen-bond donors (Lipinski definition) is 1. The predicted octanol–water partition coefficient (Wildman–Crippen LogP) is 3.22. The largest absolute Gasteiger partial charge is 0.327 e. The molecule has 2 N–H and O–H groups in total. The average Bonchev–Trinajstić information content (AvgIpc) is 2.43. The third kappa shape index (κ3) is 4.04. The summed E-state index contributed by atoms with van der Waals surface area (Å²) in [4.78, 5) is 9.72. The molecular weight excluding hydrogens is 254 g/mol. The first kappa shape index (κ1) is 14.0. The van der Waals surface area contributed by atoms with Crippen molar-refractivity contribution in [3.63, 3.8) is 0 Å². The van der Waals surface area contributed by atoms with Crippen LogP contribution in [0, 0.1) is 6.92 Å². The predicted molar refractivity (Wildman–Crippen MR) is 79.3 cm³/mol. The first-order valence-corrected chi connectivity index (χ1v) is 7.29. The van der Waals surface area contributed by atoms with Gasteiger partial charge >= 0.3 is 0 Å². The van der Waals surface area contributed by atoms with Gasteiger partial charge in [-0.25, -0.2) is 4.98 Å². The van der Waals surface area contributed by atoms with E-state index in [2.05, 4.69) is 29.9 Å². The molecule has 100 valence electrons. The van der Waals surface area contributed by atoms with Crippen LogP contribution in [-0.2, 0) is 6.42 Å². The van der Waals surface area contributed by atoms with E-state index in [1.807, 2.05) is 18.3 Å². The molecule has 0 aliphatic carbocycles. The van der Waals surface area contributed by atoms with E-state index in [1.54, 1.807) is 24.2 Å². The smallest absolute Gasteiger partial charge is 0.104 e. The minimum absolute atomic E-state index is 0.222. The van der Waals surface area contributed by atoms with Gasteiger partial charge in [0.1, 0.15) is 5.03 Å². The molecule has 4 heteroatoms. The highest BCUT2D eigenvalue weighted by Gasteiger charge is 2.06. The van der Waals surface area contributed by atoms with Crippen molar-refractivity contribution in [1.82, 2.24) is 9.97 Å². The lowest BCUT2D eigenvalue weighted by Gasteiger charge is -2.10. The summed E-state index contributed by atoms with van der Waals surface area (Å²) in [6.07, 6.45) is 7.42. The molecule has 0 aliphatic heterocycles. The van der Waals surface area contributed by atoms with Crippen molar-refractivity contribution in [3.8, 4) is 0 Å². The van der Waals surface area contributed by atoms with Crippen molar-refractivity contribution < 1.29 is 0 Å². The van der Waals surface area contributed by atoms with Crippen molar-refractivity contribution in [2.24, 2.45) is 5.73 Å². The SMILES string of the molecule is CCC(N)Cc1cnc(Sc2ccncc2)c(C)c1. The molecule has 2 rings (SSSR count). The molecule has 0 amide bonds. The minimum atomic E-state index is 0.222. The van der Waals surface area contributed by atoms with Gasteiger partial charge in [-0.1, -0.05) is 24.8 Å². The van der Waals surface area contributed by atoms with Crippen molar-refractivity contribution in [3.05, 3.63) is 47.9 Å². The van der Waals surface area contributed by atoms with Crippen molar-refractivity contribution in [2.45, 2.75) is 42.7 Å². The Hall–Kier alpha value is -1.39. The van der Waals surface area contributed by atoms with Gasteiger partial charge in [-0.3, -0.25) is 4.98 Å². The third-order valence-corrected chi connectivity index (χ3v) is 4.10. The van der Waals surface area contributed by atoms with Crippen molar-refractivity contribution in [1.29, 1.82) is 0 Å². The van der Waals surface area contributed by atoms with E-state index in [9.17, 15) is 0 Å². The molecule has 2 aromatic rings. The molecule has 0 radical (unpaired) electrons. The van der Waals surface area contributed by atoms with Crippen LogP contribution in [0.3, 0.4) is 0 Å². The normalized spacial score (nSPS) is 12.4. The Morgan fingerprint density at radius 1 is 1.32 bits per heavy atom. The third-order valence-electron chi connectivity index (χ3n) is 2.97. The Bertz CT molecular complexity index is 528. The lowest BCUT2D eigenvalue weighted by atomic mass is 10.1. The zero-order valence-corrected chi connectivity index (χ0v) is 12.2. The number of aromatic nitrogens is 2. The number of hydrogen-bond acceptors (Lipinski definition) is 4. The van der Waals surface area contributed by atoms with Gasteiger partial charge in [-0.05, 0) is 43.0 Å². The van der Waals surface area contributed by atoms with Crippen LogP contribution < -0.4 is 5.73 Å². The Balaban J connectivity index is 2.11. The standard InChI is InChI=1S/C15H19N3S/c1-3-13(16)9-12-8-11(2)15(18-10-12)19-14-4-6-17-7-5-14/h4-8,10,13H,3,9,16H2,1-2H3. The highest BCUT2D eigenvalue weighted by atomic mass is 32.2. The monoisotopic (exact) mass is 273 g/mol. The average molecular weight is 273 g/mol. The first-order valence-electron chi connectivity index (χ1n) is 6.48. The Labute approximate surface area is 118 Å². The zero-order valence-electron chi connectivity index (χ0n) is 11.3. The van der Waals surface area contributed by atoms with Gasteiger partial charge < -0.3 is 5.73 Å².